The zero-order valence-electron chi connectivity index (χ0n) is 6.33. The summed E-state index contributed by atoms with van der Waals surface area (Å²) in [5, 5.41) is 8.54. The molecule has 1 heterocycles. The highest BCUT2D eigenvalue weighted by atomic mass is 16.2. The first-order valence-corrected chi connectivity index (χ1v) is 3.65. The molecule has 0 fully saturated rings. The van der Waals surface area contributed by atoms with Crippen molar-refractivity contribution in [3.05, 3.63) is 23.9 Å². The van der Waals surface area contributed by atoms with E-state index in [1.165, 1.54) is 0 Å². The number of aliphatic hydroxyl groups is 1. The van der Waals surface area contributed by atoms with Crippen LogP contribution in [0.1, 0.15) is 12.1 Å². The van der Waals surface area contributed by atoms with E-state index in [1.54, 1.807) is 6.07 Å². The van der Waals surface area contributed by atoms with Gasteiger partial charge in [-0.15, -0.1) is 0 Å². The highest BCUT2D eigenvalue weighted by Crippen LogP contribution is 2.02. The minimum absolute atomic E-state index is 0.205. The van der Waals surface area contributed by atoms with E-state index in [-0.39, 0.29) is 6.61 Å². The van der Waals surface area contributed by atoms with E-state index >= 15 is 0 Å². The molecule has 0 aromatic carbocycles. The van der Waals surface area contributed by atoms with Crippen molar-refractivity contribution in [3.8, 4) is 0 Å². The number of nitrogen functional groups attached to an aromatic ring is 1. The molecule has 0 radical (unpaired) electrons. The Morgan fingerprint density at radius 3 is 2.91 bits per heavy atom. The van der Waals surface area contributed by atoms with Crippen molar-refractivity contribution in [2.24, 2.45) is 0 Å². The second-order valence-electron chi connectivity index (χ2n) is 2.38. The fraction of sp³-hybridized carbons (Fsp3) is 0.375. The molecule has 1 aromatic rings. The van der Waals surface area contributed by atoms with Crippen molar-refractivity contribution in [3.63, 3.8) is 0 Å². The summed E-state index contributed by atoms with van der Waals surface area (Å²) in [5.41, 5.74) is 6.40. The van der Waals surface area contributed by atoms with Gasteiger partial charge in [0.1, 0.15) is 5.82 Å². The van der Waals surface area contributed by atoms with Crippen LogP contribution in [0.5, 0.6) is 0 Å². The summed E-state index contributed by atoms with van der Waals surface area (Å²) in [6.07, 6.45) is 1.54. The lowest BCUT2D eigenvalue weighted by Crippen LogP contribution is -1.96. The average Bonchev–Trinajstić information content (AvgIpc) is 2.01. The molecule has 1 rings (SSSR count). The van der Waals surface area contributed by atoms with E-state index < -0.39 is 0 Å². The molecule has 0 saturated carbocycles. The van der Waals surface area contributed by atoms with E-state index in [1.807, 2.05) is 12.1 Å². The Balaban J connectivity index is 2.56. The molecule has 3 heteroatoms. The number of pyridine rings is 1. The zero-order valence-corrected chi connectivity index (χ0v) is 6.33. The van der Waals surface area contributed by atoms with E-state index in [0.29, 0.717) is 5.82 Å². The zero-order chi connectivity index (χ0) is 8.10. The highest BCUT2D eigenvalue weighted by molar-refractivity contribution is 5.28. The third-order valence-electron chi connectivity index (χ3n) is 1.42. The van der Waals surface area contributed by atoms with Crippen LogP contribution in [0.3, 0.4) is 0 Å². The number of rotatable bonds is 3. The van der Waals surface area contributed by atoms with Gasteiger partial charge in [0.25, 0.3) is 0 Å². The molecule has 0 aliphatic heterocycles. The summed E-state index contributed by atoms with van der Waals surface area (Å²) >= 11 is 0. The van der Waals surface area contributed by atoms with Gasteiger partial charge in [-0.3, -0.25) is 0 Å². The maximum Gasteiger partial charge on any atom is 0.123 e. The third kappa shape index (κ3) is 2.55. The average molecular weight is 152 g/mol. The van der Waals surface area contributed by atoms with Gasteiger partial charge in [0, 0.05) is 12.3 Å². The lowest BCUT2D eigenvalue weighted by atomic mass is 10.2. The molecule has 11 heavy (non-hydrogen) atoms. The van der Waals surface area contributed by atoms with Crippen LogP contribution >= 0.6 is 0 Å². The SMILES string of the molecule is Nc1cccc(CCCO)n1. The summed E-state index contributed by atoms with van der Waals surface area (Å²) in [6.45, 7) is 0.205. The van der Waals surface area contributed by atoms with E-state index in [4.69, 9.17) is 10.8 Å². The summed E-state index contributed by atoms with van der Waals surface area (Å²) < 4.78 is 0. The van der Waals surface area contributed by atoms with Gasteiger partial charge < -0.3 is 10.8 Å². The van der Waals surface area contributed by atoms with Gasteiger partial charge in [-0.05, 0) is 25.0 Å². The van der Waals surface area contributed by atoms with E-state index in [9.17, 15) is 0 Å². The Bertz CT molecular complexity index is 225. The predicted molar refractivity (Wildman–Crippen MR) is 44.1 cm³/mol. The third-order valence-corrected chi connectivity index (χ3v) is 1.42. The molecule has 0 bridgehead atoms. The van der Waals surface area contributed by atoms with E-state index in [2.05, 4.69) is 4.98 Å². The van der Waals surface area contributed by atoms with Crippen molar-refractivity contribution in [2.75, 3.05) is 12.3 Å². The Hall–Kier alpha value is -1.09. The summed E-state index contributed by atoms with van der Waals surface area (Å²) in [4.78, 5) is 4.08. The Morgan fingerprint density at radius 1 is 1.45 bits per heavy atom. The second kappa shape index (κ2) is 3.93. The molecule has 60 valence electrons. The lowest BCUT2D eigenvalue weighted by Gasteiger charge is -1.98. The minimum atomic E-state index is 0.205. The maximum atomic E-state index is 8.54. The predicted octanol–water partition coefficient (Wildman–Crippen LogP) is 0.589. The van der Waals surface area contributed by atoms with Crippen LogP contribution in [0.15, 0.2) is 18.2 Å². The van der Waals surface area contributed by atoms with Crippen LogP contribution in [0.2, 0.25) is 0 Å². The molecule has 1 aromatic heterocycles. The van der Waals surface area contributed by atoms with Gasteiger partial charge in [-0.1, -0.05) is 6.07 Å². The number of hydrogen-bond donors (Lipinski definition) is 2. The highest BCUT2D eigenvalue weighted by Gasteiger charge is 1.93. The molecule has 0 spiro atoms. The number of aryl methyl sites for hydroxylation is 1. The normalized spacial score (nSPS) is 9.91. The minimum Gasteiger partial charge on any atom is -0.396 e. The number of anilines is 1. The molecule has 0 atom stereocenters. The molecular weight excluding hydrogens is 140 g/mol. The molecule has 0 amide bonds. The molecule has 3 nitrogen and oxygen atoms in total. The first kappa shape index (κ1) is 8.01. The molecular formula is C8H12N2O. The summed E-state index contributed by atoms with van der Waals surface area (Å²) in [5.74, 6) is 0.542. The summed E-state index contributed by atoms with van der Waals surface area (Å²) in [6, 6.07) is 5.53. The molecule has 3 N–H and O–H groups in total. The Labute approximate surface area is 65.9 Å². The Kier molecular flexibility index (Phi) is 2.86. The Morgan fingerprint density at radius 2 is 2.27 bits per heavy atom. The molecule has 0 aliphatic carbocycles. The van der Waals surface area contributed by atoms with Gasteiger partial charge >= 0.3 is 0 Å². The standard InChI is InChI=1S/C8H12N2O/c9-8-5-1-3-7(10-8)4-2-6-11/h1,3,5,11H,2,4,6H2,(H2,9,10). The number of hydrogen-bond acceptors (Lipinski definition) is 3. The van der Waals surface area contributed by atoms with Gasteiger partial charge in [0.15, 0.2) is 0 Å². The van der Waals surface area contributed by atoms with Gasteiger partial charge in [0.2, 0.25) is 0 Å². The van der Waals surface area contributed by atoms with Crippen molar-refractivity contribution < 1.29 is 5.11 Å². The second-order valence-corrected chi connectivity index (χ2v) is 2.38. The van der Waals surface area contributed by atoms with Crippen molar-refractivity contribution >= 4 is 5.82 Å². The van der Waals surface area contributed by atoms with Crippen LogP contribution < -0.4 is 5.73 Å². The first-order chi connectivity index (χ1) is 5.33. The van der Waals surface area contributed by atoms with Crippen molar-refractivity contribution in [1.29, 1.82) is 0 Å². The van der Waals surface area contributed by atoms with Crippen LogP contribution in [0.4, 0.5) is 5.82 Å². The number of aliphatic hydroxyl groups excluding tert-OH is 1. The fourth-order valence-corrected chi connectivity index (χ4v) is 0.898. The molecule has 0 saturated heterocycles. The van der Waals surface area contributed by atoms with Gasteiger partial charge in [-0.25, -0.2) is 4.98 Å². The van der Waals surface area contributed by atoms with Crippen LogP contribution in [-0.4, -0.2) is 16.7 Å². The van der Waals surface area contributed by atoms with Crippen LogP contribution in [-0.2, 0) is 6.42 Å². The topological polar surface area (TPSA) is 59.1 Å². The summed E-state index contributed by atoms with van der Waals surface area (Å²) in [7, 11) is 0. The quantitative estimate of drug-likeness (QED) is 0.666. The molecule has 0 unspecified atom stereocenters. The van der Waals surface area contributed by atoms with Crippen LogP contribution in [0, 0.1) is 0 Å². The smallest absolute Gasteiger partial charge is 0.123 e. The lowest BCUT2D eigenvalue weighted by molar-refractivity contribution is 0.288. The number of aromatic nitrogens is 1. The van der Waals surface area contributed by atoms with Crippen molar-refractivity contribution in [1.82, 2.24) is 4.98 Å². The van der Waals surface area contributed by atoms with Gasteiger partial charge in [-0.2, -0.15) is 0 Å². The van der Waals surface area contributed by atoms with Crippen LogP contribution in [0.25, 0.3) is 0 Å². The van der Waals surface area contributed by atoms with Crippen molar-refractivity contribution in [2.45, 2.75) is 12.8 Å². The monoisotopic (exact) mass is 152 g/mol. The van der Waals surface area contributed by atoms with E-state index in [0.717, 1.165) is 18.5 Å². The molecule has 0 aliphatic rings. The van der Waals surface area contributed by atoms with Gasteiger partial charge in [0.05, 0.1) is 0 Å². The largest absolute Gasteiger partial charge is 0.396 e. The number of nitrogens with two attached hydrogens (primary N) is 1. The maximum absolute atomic E-state index is 8.54. The number of nitrogens with zero attached hydrogens (tertiary/aromatic N) is 1. The first-order valence-electron chi connectivity index (χ1n) is 3.65. The fourth-order valence-electron chi connectivity index (χ4n) is 0.898.